The number of rotatable bonds is 5. The Labute approximate surface area is 166 Å². The minimum absolute atomic E-state index is 0.0666. The van der Waals surface area contributed by atoms with E-state index < -0.39 is 0 Å². The molecule has 2 heterocycles. The molecule has 28 heavy (non-hydrogen) atoms. The lowest BCUT2D eigenvalue weighted by Gasteiger charge is -2.34. The first-order valence-corrected chi connectivity index (χ1v) is 9.90. The summed E-state index contributed by atoms with van der Waals surface area (Å²) in [6.07, 6.45) is 3.87. The fraction of sp³-hybridized carbons (Fsp3) is 0.409. The van der Waals surface area contributed by atoms with Crippen molar-refractivity contribution in [2.75, 3.05) is 38.0 Å². The van der Waals surface area contributed by atoms with Gasteiger partial charge in [-0.1, -0.05) is 32.0 Å². The molecule has 0 saturated carbocycles. The molecular formula is C22H28N4O2. The standard InChI is InChI=1S/C22H28N4O2/c1-4-17-8-6-7-16(3)20(17)24-21(27)18-13-19(15-23-14-18)22(28)26-11-9-25(5-2)10-12-26/h6-8,13-15H,4-5,9-12H2,1-3H3,(H,24,27). The van der Waals surface area contributed by atoms with Crippen molar-refractivity contribution in [3.05, 3.63) is 58.9 Å². The Hall–Kier alpha value is -2.73. The van der Waals surface area contributed by atoms with Gasteiger partial charge in [0.1, 0.15) is 0 Å². The predicted molar refractivity (Wildman–Crippen MR) is 111 cm³/mol. The van der Waals surface area contributed by atoms with Gasteiger partial charge < -0.3 is 15.1 Å². The molecule has 1 aliphatic rings. The maximum absolute atomic E-state index is 12.8. The molecule has 0 spiro atoms. The lowest BCUT2D eigenvalue weighted by Crippen LogP contribution is -2.48. The number of anilines is 1. The number of pyridine rings is 1. The van der Waals surface area contributed by atoms with E-state index in [2.05, 4.69) is 29.0 Å². The SMILES string of the molecule is CCc1cccc(C)c1NC(=O)c1cncc(C(=O)N2CCN(CC)CC2)c1. The molecule has 1 fully saturated rings. The van der Waals surface area contributed by atoms with E-state index >= 15 is 0 Å². The lowest BCUT2D eigenvalue weighted by atomic mass is 10.1. The molecule has 0 unspecified atom stereocenters. The summed E-state index contributed by atoms with van der Waals surface area (Å²) < 4.78 is 0. The van der Waals surface area contributed by atoms with Crippen molar-refractivity contribution in [3.63, 3.8) is 0 Å². The fourth-order valence-corrected chi connectivity index (χ4v) is 3.52. The quantitative estimate of drug-likeness (QED) is 0.866. The van der Waals surface area contributed by atoms with Crippen molar-refractivity contribution in [1.29, 1.82) is 0 Å². The third-order valence-electron chi connectivity index (χ3n) is 5.33. The molecule has 1 saturated heterocycles. The van der Waals surface area contributed by atoms with Crippen LogP contribution in [-0.4, -0.2) is 59.3 Å². The first kappa shape index (κ1) is 20.0. The molecule has 0 bridgehead atoms. The zero-order valence-electron chi connectivity index (χ0n) is 16.9. The van der Waals surface area contributed by atoms with Crippen molar-refractivity contribution in [2.24, 2.45) is 0 Å². The van der Waals surface area contributed by atoms with E-state index in [9.17, 15) is 9.59 Å². The Morgan fingerprint density at radius 1 is 1.07 bits per heavy atom. The largest absolute Gasteiger partial charge is 0.336 e. The van der Waals surface area contributed by atoms with Gasteiger partial charge >= 0.3 is 0 Å². The van der Waals surface area contributed by atoms with Crippen molar-refractivity contribution in [3.8, 4) is 0 Å². The monoisotopic (exact) mass is 380 g/mol. The zero-order chi connectivity index (χ0) is 20.1. The number of para-hydroxylation sites is 1. The van der Waals surface area contributed by atoms with Crippen LogP contribution in [-0.2, 0) is 6.42 Å². The van der Waals surface area contributed by atoms with Gasteiger partial charge in [-0.3, -0.25) is 14.6 Å². The van der Waals surface area contributed by atoms with E-state index in [0.717, 1.165) is 42.9 Å². The number of hydrogen-bond donors (Lipinski definition) is 1. The number of hydrogen-bond acceptors (Lipinski definition) is 4. The van der Waals surface area contributed by atoms with Crippen LogP contribution in [0.2, 0.25) is 0 Å². The summed E-state index contributed by atoms with van der Waals surface area (Å²) in [6, 6.07) is 7.61. The summed E-state index contributed by atoms with van der Waals surface area (Å²) in [5, 5.41) is 2.99. The molecule has 1 aromatic carbocycles. The number of aromatic nitrogens is 1. The number of amides is 2. The van der Waals surface area contributed by atoms with Crippen LogP contribution in [0.3, 0.4) is 0 Å². The summed E-state index contributed by atoms with van der Waals surface area (Å²) in [4.78, 5) is 33.9. The lowest BCUT2D eigenvalue weighted by molar-refractivity contribution is 0.0643. The zero-order valence-corrected chi connectivity index (χ0v) is 16.9. The number of carbonyl (C=O) groups excluding carboxylic acids is 2. The molecule has 3 rings (SSSR count). The van der Waals surface area contributed by atoms with E-state index in [1.54, 1.807) is 6.07 Å². The predicted octanol–water partition coefficient (Wildman–Crippen LogP) is 2.98. The minimum Gasteiger partial charge on any atom is -0.336 e. The van der Waals surface area contributed by atoms with Gasteiger partial charge in [0.05, 0.1) is 11.1 Å². The number of likely N-dealkylation sites (N-methyl/N-ethyl adjacent to an activating group) is 1. The first-order chi connectivity index (χ1) is 13.5. The summed E-state index contributed by atoms with van der Waals surface area (Å²) in [5.74, 6) is -0.315. The summed E-state index contributed by atoms with van der Waals surface area (Å²) in [7, 11) is 0. The number of benzene rings is 1. The van der Waals surface area contributed by atoms with E-state index in [4.69, 9.17) is 0 Å². The highest BCUT2D eigenvalue weighted by atomic mass is 16.2. The second-order valence-corrected chi connectivity index (χ2v) is 7.11. The van der Waals surface area contributed by atoms with Crippen LogP contribution in [0.25, 0.3) is 0 Å². The number of carbonyl (C=O) groups is 2. The normalized spacial score (nSPS) is 14.8. The molecule has 0 radical (unpaired) electrons. The minimum atomic E-state index is -0.248. The van der Waals surface area contributed by atoms with Gasteiger partial charge in [0.25, 0.3) is 11.8 Å². The van der Waals surface area contributed by atoms with Gasteiger partial charge in [-0.15, -0.1) is 0 Å². The fourth-order valence-electron chi connectivity index (χ4n) is 3.52. The van der Waals surface area contributed by atoms with Gasteiger partial charge in [-0.2, -0.15) is 0 Å². The van der Waals surface area contributed by atoms with Crippen LogP contribution >= 0.6 is 0 Å². The van der Waals surface area contributed by atoms with Crippen molar-refractivity contribution in [2.45, 2.75) is 27.2 Å². The Kier molecular flexibility index (Phi) is 6.41. The molecule has 2 amide bonds. The van der Waals surface area contributed by atoms with Gasteiger partial charge in [-0.25, -0.2) is 0 Å². The number of aryl methyl sites for hydroxylation is 2. The van der Waals surface area contributed by atoms with Crippen LogP contribution in [0.4, 0.5) is 5.69 Å². The van der Waals surface area contributed by atoms with Gasteiger partial charge in [0.15, 0.2) is 0 Å². The second-order valence-electron chi connectivity index (χ2n) is 7.11. The Balaban J connectivity index is 1.74. The highest BCUT2D eigenvalue weighted by Crippen LogP contribution is 2.22. The maximum atomic E-state index is 12.8. The molecule has 2 aromatic rings. The van der Waals surface area contributed by atoms with Crippen LogP contribution < -0.4 is 5.32 Å². The number of nitrogens with zero attached hydrogens (tertiary/aromatic N) is 3. The highest BCUT2D eigenvalue weighted by Gasteiger charge is 2.22. The maximum Gasteiger partial charge on any atom is 0.257 e. The molecule has 1 N–H and O–H groups in total. The highest BCUT2D eigenvalue weighted by molar-refractivity contribution is 6.06. The molecule has 6 nitrogen and oxygen atoms in total. The Bertz CT molecular complexity index is 857. The summed E-state index contributed by atoms with van der Waals surface area (Å²) >= 11 is 0. The number of piperazine rings is 1. The van der Waals surface area contributed by atoms with E-state index in [-0.39, 0.29) is 11.8 Å². The second kappa shape index (κ2) is 8.97. The molecule has 0 aliphatic carbocycles. The summed E-state index contributed by atoms with van der Waals surface area (Å²) in [5.41, 5.74) is 3.79. The van der Waals surface area contributed by atoms with E-state index in [0.29, 0.717) is 24.2 Å². The molecular weight excluding hydrogens is 352 g/mol. The molecule has 6 heteroatoms. The molecule has 0 atom stereocenters. The Morgan fingerprint density at radius 2 is 1.79 bits per heavy atom. The van der Waals surface area contributed by atoms with Gasteiger partial charge in [-0.05, 0) is 37.1 Å². The summed E-state index contributed by atoms with van der Waals surface area (Å²) in [6.45, 7) is 10.3. The first-order valence-electron chi connectivity index (χ1n) is 9.90. The Morgan fingerprint density at radius 3 is 2.46 bits per heavy atom. The average Bonchev–Trinajstić information content (AvgIpc) is 2.74. The average molecular weight is 380 g/mol. The van der Waals surface area contributed by atoms with Crippen molar-refractivity contribution >= 4 is 17.5 Å². The number of nitrogens with one attached hydrogen (secondary N) is 1. The van der Waals surface area contributed by atoms with E-state index in [1.165, 1.54) is 12.4 Å². The van der Waals surface area contributed by atoms with Crippen molar-refractivity contribution in [1.82, 2.24) is 14.8 Å². The smallest absolute Gasteiger partial charge is 0.257 e. The van der Waals surface area contributed by atoms with Crippen LogP contribution in [0.5, 0.6) is 0 Å². The van der Waals surface area contributed by atoms with Gasteiger partial charge in [0, 0.05) is 44.3 Å². The third-order valence-corrected chi connectivity index (χ3v) is 5.33. The van der Waals surface area contributed by atoms with Gasteiger partial charge in [0.2, 0.25) is 0 Å². The van der Waals surface area contributed by atoms with Crippen molar-refractivity contribution < 1.29 is 9.59 Å². The third kappa shape index (κ3) is 4.39. The van der Waals surface area contributed by atoms with Crippen LogP contribution in [0, 0.1) is 6.92 Å². The molecule has 1 aromatic heterocycles. The van der Waals surface area contributed by atoms with Crippen LogP contribution in [0.1, 0.15) is 45.7 Å². The van der Waals surface area contributed by atoms with Crippen LogP contribution in [0.15, 0.2) is 36.7 Å². The molecule has 148 valence electrons. The van der Waals surface area contributed by atoms with E-state index in [1.807, 2.05) is 30.0 Å². The topological polar surface area (TPSA) is 65.5 Å². The molecule has 1 aliphatic heterocycles.